The molecule has 1 amide bonds. The number of hydrogen-bond donors (Lipinski definition) is 0. The van der Waals surface area contributed by atoms with E-state index in [9.17, 15) is 4.79 Å². The first-order chi connectivity index (χ1) is 16.2. The maximum Gasteiger partial charge on any atom is 0.233 e. The van der Waals surface area contributed by atoms with Gasteiger partial charge in [0.15, 0.2) is 16.8 Å². The van der Waals surface area contributed by atoms with Crippen LogP contribution >= 0.6 is 11.8 Å². The Kier molecular flexibility index (Phi) is 6.34. The van der Waals surface area contributed by atoms with Gasteiger partial charge < -0.3 is 19.1 Å². The highest BCUT2D eigenvalue weighted by atomic mass is 32.2. The zero-order valence-corrected chi connectivity index (χ0v) is 19.3. The molecule has 3 heterocycles. The Morgan fingerprint density at radius 2 is 1.82 bits per heavy atom. The van der Waals surface area contributed by atoms with Crippen molar-refractivity contribution in [3.63, 3.8) is 0 Å². The van der Waals surface area contributed by atoms with Crippen LogP contribution in [0.25, 0.3) is 17.1 Å². The van der Waals surface area contributed by atoms with Crippen molar-refractivity contribution in [3.05, 3.63) is 54.6 Å². The van der Waals surface area contributed by atoms with Gasteiger partial charge in [0.25, 0.3) is 0 Å². The molecule has 5 rings (SSSR count). The number of amides is 1. The number of nitrogens with zero attached hydrogens (tertiary/aromatic N) is 4. The summed E-state index contributed by atoms with van der Waals surface area (Å²) >= 11 is 1.40. The Morgan fingerprint density at radius 1 is 1.06 bits per heavy atom. The maximum atomic E-state index is 12.9. The summed E-state index contributed by atoms with van der Waals surface area (Å²) in [5.74, 6) is 1.34. The molecule has 172 valence electrons. The highest BCUT2D eigenvalue weighted by molar-refractivity contribution is 7.99. The first kappa shape index (κ1) is 21.9. The van der Waals surface area contributed by atoms with Crippen molar-refractivity contribution < 1.29 is 19.0 Å². The third-order valence-corrected chi connectivity index (χ3v) is 6.91. The van der Waals surface area contributed by atoms with Crippen molar-refractivity contribution in [3.8, 4) is 22.8 Å². The van der Waals surface area contributed by atoms with Gasteiger partial charge >= 0.3 is 0 Å². The number of likely N-dealkylation sites (tertiary alicyclic amines) is 1. The van der Waals surface area contributed by atoms with Gasteiger partial charge in [-0.25, -0.2) is 0 Å². The van der Waals surface area contributed by atoms with Gasteiger partial charge in [-0.1, -0.05) is 42.1 Å². The van der Waals surface area contributed by atoms with Gasteiger partial charge in [-0.3, -0.25) is 9.36 Å². The van der Waals surface area contributed by atoms with Crippen molar-refractivity contribution in [2.45, 2.75) is 23.8 Å². The van der Waals surface area contributed by atoms with Crippen LogP contribution in [0.2, 0.25) is 0 Å². The maximum absolute atomic E-state index is 12.9. The van der Waals surface area contributed by atoms with Crippen LogP contribution in [0, 0.1) is 0 Å². The predicted molar refractivity (Wildman–Crippen MR) is 125 cm³/mol. The zero-order valence-electron chi connectivity index (χ0n) is 18.5. The number of ether oxygens (including phenoxy) is 3. The van der Waals surface area contributed by atoms with Crippen LogP contribution < -0.4 is 4.74 Å². The smallest absolute Gasteiger partial charge is 0.233 e. The summed E-state index contributed by atoms with van der Waals surface area (Å²) in [4.78, 5) is 14.8. The molecule has 1 spiro atoms. The second-order valence-corrected chi connectivity index (χ2v) is 8.93. The summed E-state index contributed by atoms with van der Waals surface area (Å²) in [6, 6.07) is 17.6. The number of hydrogen-bond acceptors (Lipinski definition) is 7. The van der Waals surface area contributed by atoms with Gasteiger partial charge in [-0.2, -0.15) is 0 Å². The average molecular weight is 467 g/mol. The molecule has 8 nitrogen and oxygen atoms in total. The van der Waals surface area contributed by atoms with Crippen molar-refractivity contribution in [1.82, 2.24) is 19.7 Å². The van der Waals surface area contributed by atoms with E-state index in [1.807, 2.05) is 64.1 Å². The fourth-order valence-corrected chi connectivity index (χ4v) is 5.08. The number of methoxy groups -OCH3 is 1. The minimum absolute atomic E-state index is 0.0818. The molecule has 0 saturated carbocycles. The van der Waals surface area contributed by atoms with Gasteiger partial charge in [0.1, 0.15) is 5.75 Å². The molecule has 0 radical (unpaired) electrons. The molecule has 0 aliphatic carbocycles. The Bertz CT molecular complexity index is 1100. The number of thioether (sulfide) groups is 1. The van der Waals surface area contributed by atoms with Crippen LogP contribution in [-0.4, -0.2) is 70.5 Å². The molecule has 3 aromatic rings. The number of benzene rings is 2. The normalized spacial score (nSPS) is 17.4. The summed E-state index contributed by atoms with van der Waals surface area (Å²) in [7, 11) is 1.64. The Hall–Kier alpha value is -2.88. The van der Waals surface area contributed by atoms with E-state index < -0.39 is 5.79 Å². The molecule has 1 aromatic heterocycles. The van der Waals surface area contributed by atoms with E-state index in [0.717, 1.165) is 17.0 Å². The number of para-hydroxylation sites is 1. The quantitative estimate of drug-likeness (QED) is 0.515. The number of piperidine rings is 1. The highest BCUT2D eigenvalue weighted by Gasteiger charge is 2.40. The van der Waals surface area contributed by atoms with Crippen molar-refractivity contribution in [2.24, 2.45) is 0 Å². The van der Waals surface area contributed by atoms with Gasteiger partial charge in [0, 0.05) is 37.2 Å². The van der Waals surface area contributed by atoms with E-state index in [-0.39, 0.29) is 11.7 Å². The van der Waals surface area contributed by atoms with Crippen molar-refractivity contribution >= 4 is 17.7 Å². The lowest BCUT2D eigenvalue weighted by molar-refractivity contribution is -0.186. The minimum atomic E-state index is -0.483. The van der Waals surface area contributed by atoms with Crippen LogP contribution in [0.4, 0.5) is 0 Å². The van der Waals surface area contributed by atoms with E-state index in [0.29, 0.717) is 50.1 Å². The lowest BCUT2D eigenvalue weighted by atomic mass is 10.0. The monoisotopic (exact) mass is 466 g/mol. The lowest BCUT2D eigenvalue weighted by Gasteiger charge is -2.37. The first-order valence-corrected chi connectivity index (χ1v) is 12.0. The molecule has 0 unspecified atom stereocenters. The number of rotatable bonds is 6. The standard InChI is InChI=1S/C24H26N4O4S/c1-30-20-9-5-6-18(16-20)22-25-26-23(28(22)19-7-3-2-4-8-19)33-17-21(29)27-12-10-24(11-13-27)31-14-15-32-24/h2-9,16H,10-15,17H2,1H3. The summed E-state index contributed by atoms with van der Waals surface area (Å²) in [6.45, 7) is 2.54. The molecule has 0 N–H and O–H groups in total. The number of carbonyl (C=O) groups excluding carboxylic acids is 1. The molecule has 2 aliphatic rings. The molecule has 2 aromatic carbocycles. The molecule has 9 heteroatoms. The van der Waals surface area contributed by atoms with E-state index in [2.05, 4.69) is 10.2 Å². The Balaban J connectivity index is 1.34. The number of carbonyl (C=O) groups is 1. The summed E-state index contributed by atoms with van der Waals surface area (Å²) in [5, 5.41) is 9.55. The van der Waals surface area contributed by atoms with Gasteiger partial charge in [-0.15, -0.1) is 10.2 Å². The largest absolute Gasteiger partial charge is 0.497 e. The third-order valence-electron chi connectivity index (χ3n) is 5.99. The molecule has 0 atom stereocenters. The van der Waals surface area contributed by atoms with Crippen molar-refractivity contribution in [1.29, 1.82) is 0 Å². The third kappa shape index (κ3) is 4.62. The molecular formula is C24H26N4O4S. The van der Waals surface area contributed by atoms with E-state index in [1.54, 1.807) is 7.11 Å². The Labute approximate surface area is 196 Å². The van der Waals surface area contributed by atoms with Crippen molar-refractivity contribution in [2.75, 3.05) is 39.2 Å². The van der Waals surface area contributed by atoms with E-state index in [1.165, 1.54) is 11.8 Å². The van der Waals surface area contributed by atoms with Gasteiger partial charge in [0.05, 0.1) is 26.1 Å². The average Bonchev–Trinajstić information content (AvgIpc) is 3.51. The van der Waals surface area contributed by atoms with Crippen LogP contribution in [-0.2, 0) is 14.3 Å². The first-order valence-electron chi connectivity index (χ1n) is 11.0. The van der Waals surface area contributed by atoms with E-state index >= 15 is 0 Å². The van der Waals surface area contributed by atoms with Crippen LogP contribution in [0.5, 0.6) is 5.75 Å². The summed E-state index contributed by atoms with van der Waals surface area (Å²) in [5.41, 5.74) is 1.83. The molecule has 2 saturated heterocycles. The van der Waals surface area contributed by atoms with Gasteiger partial charge in [0.2, 0.25) is 5.91 Å². The van der Waals surface area contributed by atoms with Crippen LogP contribution in [0.1, 0.15) is 12.8 Å². The van der Waals surface area contributed by atoms with Crippen LogP contribution in [0.15, 0.2) is 59.8 Å². The van der Waals surface area contributed by atoms with Crippen LogP contribution in [0.3, 0.4) is 0 Å². The molecule has 2 fully saturated rings. The molecular weight excluding hydrogens is 440 g/mol. The number of aromatic nitrogens is 3. The second kappa shape index (κ2) is 9.54. The fourth-order valence-electron chi connectivity index (χ4n) is 4.22. The summed E-state index contributed by atoms with van der Waals surface area (Å²) < 4.78 is 18.9. The summed E-state index contributed by atoms with van der Waals surface area (Å²) in [6.07, 6.45) is 1.42. The fraction of sp³-hybridized carbons (Fsp3) is 0.375. The zero-order chi connectivity index (χ0) is 22.7. The molecule has 0 bridgehead atoms. The Morgan fingerprint density at radius 3 is 2.55 bits per heavy atom. The lowest BCUT2D eigenvalue weighted by Crippen LogP contribution is -2.47. The predicted octanol–water partition coefficient (Wildman–Crippen LogP) is 3.40. The van der Waals surface area contributed by atoms with E-state index in [4.69, 9.17) is 14.2 Å². The topological polar surface area (TPSA) is 78.7 Å². The SMILES string of the molecule is COc1cccc(-c2nnc(SCC(=O)N3CCC4(CC3)OCCO4)n2-c2ccccc2)c1. The molecule has 2 aliphatic heterocycles. The molecule has 33 heavy (non-hydrogen) atoms. The second-order valence-electron chi connectivity index (χ2n) is 7.99. The highest BCUT2D eigenvalue weighted by Crippen LogP contribution is 2.33. The van der Waals surface area contributed by atoms with Gasteiger partial charge in [-0.05, 0) is 24.3 Å². The minimum Gasteiger partial charge on any atom is -0.497 e.